The van der Waals surface area contributed by atoms with Gasteiger partial charge in [-0.1, -0.05) is 24.3 Å². The van der Waals surface area contributed by atoms with E-state index in [4.69, 9.17) is 14.7 Å². The van der Waals surface area contributed by atoms with E-state index in [-0.39, 0.29) is 6.42 Å². The van der Waals surface area contributed by atoms with E-state index in [0.717, 1.165) is 5.56 Å². The number of carbonyl (C=O) groups is 1. The van der Waals surface area contributed by atoms with Crippen molar-refractivity contribution < 1.29 is 14.3 Å². The molecule has 0 saturated heterocycles. The number of methoxy groups -OCH3 is 2. The average molecular weight is 335 g/mol. The van der Waals surface area contributed by atoms with E-state index in [9.17, 15) is 10.1 Å². The van der Waals surface area contributed by atoms with Crippen LogP contribution in [-0.4, -0.2) is 20.1 Å². The SMILES string of the molecule is COc1cccc(C(C#N)NC(=O)c2cccc(CC#N)c2)c1OC. The van der Waals surface area contributed by atoms with E-state index in [2.05, 4.69) is 11.4 Å². The highest BCUT2D eigenvalue weighted by Crippen LogP contribution is 2.34. The summed E-state index contributed by atoms with van der Waals surface area (Å²) in [7, 11) is 2.98. The molecule has 1 N–H and O–H groups in total. The third-order valence-corrected chi connectivity index (χ3v) is 3.62. The molecule has 0 aliphatic carbocycles. The van der Waals surface area contributed by atoms with Crippen LogP contribution in [0.4, 0.5) is 0 Å². The van der Waals surface area contributed by atoms with Crippen molar-refractivity contribution in [1.29, 1.82) is 10.5 Å². The lowest BCUT2D eigenvalue weighted by Crippen LogP contribution is -2.28. The molecule has 0 heterocycles. The molecule has 0 spiro atoms. The van der Waals surface area contributed by atoms with Gasteiger partial charge < -0.3 is 14.8 Å². The fraction of sp³-hybridized carbons (Fsp3) is 0.211. The van der Waals surface area contributed by atoms with Gasteiger partial charge in [-0.15, -0.1) is 0 Å². The number of ether oxygens (including phenoxy) is 2. The number of hydrogen-bond acceptors (Lipinski definition) is 5. The fourth-order valence-electron chi connectivity index (χ4n) is 2.45. The zero-order valence-electron chi connectivity index (χ0n) is 13.9. The van der Waals surface area contributed by atoms with Gasteiger partial charge in [0.1, 0.15) is 6.04 Å². The average Bonchev–Trinajstić information content (AvgIpc) is 2.65. The van der Waals surface area contributed by atoms with Gasteiger partial charge in [-0.2, -0.15) is 10.5 Å². The minimum atomic E-state index is -0.905. The molecule has 1 atom stereocenters. The van der Waals surface area contributed by atoms with Crippen LogP contribution in [0.1, 0.15) is 27.5 Å². The smallest absolute Gasteiger partial charge is 0.252 e. The van der Waals surface area contributed by atoms with Crippen molar-refractivity contribution in [2.75, 3.05) is 14.2 Å². The predicted octanol–water partition coefficient (Wildman–Crippen LogP) is 2.76. The number of nitrogens with one attached hydrogen (secondary N) is 1. The van der Waals surface area contributed by atoms with Crippen molar-refractivity contribution in [2.24, 2.45) is 0 Å². The summed E-state index contributed by atoms with van der Waals surface area (Å²) < 4.78 is 10.6. The summed E-state index contributed by atoms with van der Waals surface area (Å²) in [6.07, 6.45) is 0.215. The van der Waals surface area contributed by atoms with E-state index < -0.39 is 11.9 Å². The maximum atomic E-state index is 12.5. The summed E-state index contributed by atoms with van der Waals surface area (Å²) in [4.78, 5) is 12.5. The van der Waals surface area contributed by atoms with Crippen LogP contribution < -0.4 is 14.8 Å². The third-order valence-electron chi connectivity index (χ3n) is 3.62. The van der Waals surface area contributed by atoms with Crippen LogP contribution in [0.5, 0.6) is 11.5 Å². The van der Waals surface area contributed by atoms with E-state index in [1.807, 2.05) is 6.07 Å². The second-order valence-electron chi connectivity index (χ2n) is 5.15. The molecule has 0 saturated carbocycles. The molecule has 0 aliphatic rings. The van der Waals surface area contributed by atoms with Crippen LogP contribution >= 0.6 is 0 Å². The number of amides is 1. The minimum absolute atomic E-state index is 0.215. The van der Waals surface area contributed by atoms with E-state index in [0.29, 0.717) is 22.6 Å². The molecule has 6 heteroatoms. The number of nitrogens with zero attached hydrogens (tertiary/aromatic N) is 2. The van der Waals surface area contributed by atoms with Gasteiger partial charge in [-0.05, 0) is 23.8 Å². The highest BCUT2D eigenvalue weighted by Gasteiger charge is 2.21. The molecule has 2 aromatic rings. The first-order valence-corrected chi connectivity index (χ1v) is 7.51. The van der Waals surface area contributed by atoms with Gasteiger partial charge in [0.05, 0.1) is 32.8 Å². The molecular formula is C19H17N3O3. The van der Waals surface area contributed by atoms with Gasteiger partial charge in [0.2, 0.25) is 0 Å². The molecule has 0 bridgehead atoms. The van der Waals surface area contributed by atoms with Crippen molar-refractivity contribution in [3.8, 4) is 23.6 Å². The van der Waals surface area contributed by atoms with E-state index in [1.165, 1.54) is 14.2 Å². The second kappa shape index (κ2) is 8.37. The van der Waals surface area contributed by atoms with E-state index >= 15 is 0 Å². The molecule has 126 valence electrons. The van der Waals surface area contributed by atoms with Gasteiger partial charge in [0.15, 0.2) is 11.5 Å². The van der Waals surface area contributed by atoms with Crippen molar-refractivity contribution in [2.45, 2.75) is 12.5 Å². The lowest BCUT2D eigenvalue weighted by molar-refractivity contribution is 0.0944. The number of hydrogen-bond donors (Lipinski definition) is 1. The maximum absolute atomic E-state index is 12.5. The van der Waals surface area contributed by atoms with Crippen LogP contribution in [0.3, 0.4) is 0 Å². The second-order valence-corrected chi connectivity index (χ2v) is 5.15. The molecule has 0 aliphatic heterocycles. The number of benzene rings is 2. The minimum Gasteiger partial charge on any atom is -0.493 e. The maximum Gasteiger partial charge on any atom is 0.252 e. The Morgan fingerprint density at radius 1 is 1.16 bits per heavy atom. The molecule has 6 nitrogen and oxygen atoms in total. The number of carbonyl (C=O) groups excluding carboxylic acids is 1. The van der Waals surface area contributed by atoms with Gasteiger partial charge in [-0.25, -0.2) is 0 Å². The Balaban J connectivity index is 2.29. The molecule has 25 heavy (non-hydrogen) atoms. The standard InChI is InChI=1S/C19H17N3O3/c1-24-17-8-4-7-15(18(17)25-2)16(12-21)22-19(23)14-6-3-5-13(11-14)9-10-20/h3-8,11,16H,9H2,1-2H3,(H,22,23). The molecular weight excluding hydrogens is 318 g/mol. The van der Waals surface area contributed by atoms with Crippen molar-refractivity contribution in [3.63, 3.8) is 0 Å². The molecule has 0 aromatic heterocycles. The normalized spacial score (nSPS) is 10.9. The number of rotatable bonds is 6. The van der Waals surface area contributed by atoms with Gasteiger partial charge in [0, 0.05) is 11.1 Å². The lowest BCUT2D eigenvalue weighted by atomic mass is 10.0. The Morgan fingerprint density at radius 2 is 1.92 bits per heavy atom. The van der Waals surface area contributed by atoms with Gasteiger partial charge in [0.25, 0.3) is 5.91 Å². The highest BCUT2D eigenvalue weighted by atomic mass is 16.5. The zero-order chi connectivity index (χ0) is 18.2. The van der Waals surface area contributed by atoms with Gasteiger partial charge in [-0.3, -0.25) is 4.79 Å². The van der Waals surface area contributed by atoms with E-state index in [1.54, 1.807) is 42.5 Å². The summed E-state index contributed by atoms with van der Waals surface area (Å²) in [5.74, 6) is 0.469. The Bertz CT molecular complexity index is 850. The predicted molar refractivity (Wildman–Crippen MR) is 91.1 cm³/mol. The van der Waals surface area contributed by atoms with Crippen molar-refractivity contribution in [3.05, 3.63) is 59.2 Å². The first-order valence-electron chi connectivity index (χ1n) is 7.51. The van der Waals surface area contributed by atoms with Crippen molar-refractivity contribution in [1.82, 2.24) is 5.32 Å². The third kappa shape index (κ3) is 4.07. The highest BCUT2D eigenvalue weighted by molar-refractivity contribution is 5.94. The lowest BCUT2D eigenvalue weighted by Gasteiger charge is -2.17. The van der Waals surface area contributed by atoms with Crippen LogP contribution in [0.15, 0.2) is 42.5 Å². The monoisotopic (exact) mass is 335 g/mol. The Morgan fingerprint density at radius 3 is 2.56 bits per heavy atom. The largest absolute Gasteiger partial charge is 0.493 e. The van der Waals surface area contributed by atoms with Crippen LogP contribution in [0.2, 0.25) is 0 Å². The first-order chi connectivity index (χ1) is 12.1. The molecule has 2 aromatic carbocycles. The summed E-state index contributed by atoms with van der Waals surface area (Å²) in [6, 6.07) is 15.1. The van der Waals surface area contributed by atoms with Crippen molar-refractivity contribution >= 4 is 5.91 Å². The first kappa shape index (κ1) is 17.8. The molecule has 0 radical (unpaired) electrons. The molecule has 1 amide bonds. The quantitative estimate of drug-likeness (QED) is 0.876. The van der Waals surface area contributed by atoms with Crippen LogP contribution in [-0.2, 0) is 6.42 Å². The summed E-state index contributed by atoms with van der Waals surface area (Å²) in [6.45, 7) is 0. The molecule has 1 unspecified atom stereocenters. The Kier molecular flexibility index (Phi) is 5.97. The summed E-state index contributed by atoms with van der Waals surface area (Å²) >= 11 is 0. The Labute approximate surface area is 146 Å². The fourth-order valence-corrected chi connectivity index (χ4v) is 2.45. The summed E-state index contributed by atoms with van der Waals surface area (Å²) in [5.41, 5.74) is 1.63. The van der Waals surface area contributed by atoms with Crippen LogP contribution in [0, 0.1) is 22.7 Å². The van der Waals surface area contributed by atoms with Gasteiger partial charge >= 0.3 is 0 Å². The Hall–Kier alpha value is -3.51. The molecule has 2 rings (SSSR count). The number of para-hydroxylation sites is 1. The topological polar surface area (TPSA) is 95.1 Å². The summed E-state index contributed by atoms with van der Waals surface area (Å²) in [5, 5.41) is 20.9. The van der Waals surface area contributed by atoms with Crippen LogP contribution in [0.25, 0.3) is 0 Å². The number of nitriles is 2. The zero-order valence-corrected chi connectivity index (χ0v) is 13.9. The molecule has 0 fully saturated rings.